The molecule has 0 aromatic rings. The lowest BCUT2D eigenvalue weighted by Gasteiger charge is -2.04. The van der Waals surface area contributed by atoms with Crippen LogP contribution < -0.4 is 0 Å². The summed E-state index contributed by atoms with van der Waals surface area (Å²) in [5.74, 6) is 0. The molecule has 0 amide bonds. The van der Waals surface area contributed by atoms with Crippen molar-refractivity contribution >= 4 is 15.9 Å². The fraction of sp³-hybridized carbons (Fsp3) is 0.750. The van der Waals surface area contributed by atoms with Crippen molar-refractivity contribution in [3.05, 3.63) is 0 Å². The average Bonchev–Trinajstić information content (AvgIpc) is 1.84. The van der Waals surface area contributed by atoms with E-state index in [0.29, 0.717) is 0 Å². The Morgan fingerprint density at radius 3 is 2.25 bits per heavy atom. The van der Waals surface area contributed by atoms with E-state index in [-0.39, 0.29) is 5.33 Å². The van der Waals surface area contributed by atoms with E-state index in [0.717, 1.165) is 0 Å². The summed E-state index contributed by atoms with van der Waals surface area (Å²) in [6.45, 7) is 0. The van der Waals surface area contributed by atoms with Crippen LogP contribution in [0.2, 0.25) is 0 Å². The molecule has 8 heavy (non-hydrogen) atoms. The summed E-state index contributed by atoms with van der Waals surface area (Å²) in [5, 5.41) is 25.3. The van der Waals surface area contributed by atoms with E-state index in [4.69, 9.17) is 15.5 Å². The van der Waals surface area contributed by atoms with Gasteiger partial charge in [-0.25, -0.2) is 0 Å². The highest BCUT2D eigenvalue weighted by molar-refractivity contribution is 9.09. The van der Waals surface area contributed by atoms with E-state index >= 15 is 0 Å². The second kappa shape index (κ2) is 3.84. The highest BCUT2D eigenvalue weighted by atomic mass is 79.9. The summed E-state index contributed by atoms with van der Waals surface area (Å²) in [6.07, 6.45) is -2.24. The van der Waals surface area contributed by atoms with E-state index in [1.807, 2.05) is 0 Å². The highest BCUT2D eigenvalue weighted by Gasteiger charge is 2.11. The maximum atomic E-state index is 8.61. The van der Waals surface area contributed by atoms with Gasteiger partial charge < -0.3 is 10.2 Å². The van der Waals surface area contributed by atoms with Gasteiger partial charge in [0.15, 0.2) is 6.10 Å². The normalized spacial score (nSPS) is 16.8. The van der Waals surface area contributed by atoms with Gasteiger partial charge in [0.05, 0.1) is 6.07 Å². The predicted molar refractivity (Wildman–Crippen MR) is 31.4 cm³/mol. The number of aliphatic hydroxyl groups excluding tert-OH is 2. The number of halogens is 1. The topological polar surface area (TPSA) is 64.2 Å². The third kappa shape index (κ3) is 2.26. The zero-order chi connectivity index (χ0) is 6.57. The largest absolute Gasteiger partial charge is 0.388 e. The molecule has 0 fully saturated rings. The van der Waals surface area contributed by atoms with Crippen molar-refractivity contribution in [2.45, 2.75) is 12.2 Å². The number of hydrogen-bond donors (Lipinski definition) is 2. The van der Waals surface area contributed by atoms with E-state index in [9.17, 15) is 0 Å². The summed E-state index contributed by atoms with van der Waals surface area (Å²) >= 11 is 2.90. The lowest BCUT2D eigenvalue weighted by Crippen LogP contribution is -2.25. The van der Waals surface area contributed by atoms with Gasteiger partial charge in [0.1, 0.15) is 6.10 Å². The first-order valence-electron chi connectivity index (χ1n) is 2.04. The Labute approximate surface area is 55.7 Å². The quantitative estimate of drug-likeness (QED) is 0.450. The van der Waals surface area contributed by atoms with Crippen LogP contribution in [0.15, 0.2) is 0 Å². The Bertz CT molecular complexity index is 101. The number of nitriles is 1. The lowest BCUT2D eigenvalue weighted by molar-refractivity contribution is 0.0705. The Kier molecular flexibility index (Phi) is 3.79. The van der Waals surface area contributed by atoms with Gasteiger partial charge in [-0.15, -0.1) is 0 Å². The summed E-state index contributed by atoms with van der Waals surface area (Å²) in [4.78, 5) is 0. The summed E-state index contributed by atoms with van der Waals surface area (Å²) < 4.78 is 0. The third-order valence-corrected chi connectivity index (χ3v) is 1.32. The molecule has 2 atom stereocenters. The van der Waals surface area contributed by atoms with Gasteiger partial charge >= 0.3 is 0 Å². The molecular formula is C4H6BrNO2. The van der Waals surface area contributed by atoms with Crippen molar-refractivity contribution in [1.82, 2.24) is 0 Å². The van der Waals surface area contributed by atoms with Crippen LogP contribution in [0.4, 0.5) is 0 Å². The van der Waals surface area contributed by atoms with Crippen LogP contribution in [-0.2, 0) is 0 Å². The molecule has 0 aliphatic carbocycles. The van der Waals surface area contributed by atoms with Crippen LogP contribution in [0.1, 0.15) is 0 Å². The molecule has 46 valence electrons. The van der Waals surface area contributed by atoms with Crippen molar-refractivity contribution in [3.8, 4) is 6.07 Å². The summed E-state index contributed by atoms with van der Waals surface area (Å²) in [7, 11) is 0. The molecule has 0 aromatic carbocycles. The van der Waals surface area contributed by atoms with Crippen LogP contribution in [-0.4, -0.2) is 27.8 Å². The first kappa shape index (κ1) is 7.89. The van der Waals surface area contributed by atoms with Crippen molar-refractivity contribution in [2.75, 3.05) is 5.33 Å². The molecule has 0 aliphatic heterocycles. The summed E-state index contributed by atoms with van der Waals surface area (Å²) in [5.41, 5.74) is 0. The average molecular weight is 180 g/mol. The standard InChI is InChI=1S/C4H6BrNO2/c5-1-3(7)4(8)2-6/h3-4,7-8H,1H2/t3-,4+/m0/s1. The third-order valence-electron chi connectivity index (χ3n) is 0.655. The van der Waals surface area contributed by atoms with Crippen molar-refractivity contribution in [3.63, 3.8) is 0 Å². The highest BCUT2D eigenvalue weighted by Crippen LogP contribution is 1.94. The van der Waals surface area contributed by atoms with Gasteiger partial charge in [-0.05, 0) is 0 Å². The van der Waals surface area contributed by atoms with Crippen LogP contribution >= 0.6 is 15.9 Å². The number of aliphatic hydroxyl groups is 2. The van der Waals surface area contributed by atoms with E-state index in [2.05, 4.69) is 15.9 Å². The minimum absolute atomic E-state index is 0.224. The molecule has 0 bridgehead atoms. The van der Waals surface area contributed by atoms with Gasteiger partial charge in [-0.3, -0.25) is 0 Å². The SMILES string of the molecule is N#C[C@@H](O)[C@@H](O)CBr. The van der Waals surface area contributed by atoms with Crippen LogP contribution in [0.5, 0.6) is 0 Å². The van der Waals surface area contributed by atoms with Crippen molar-refractivity contribution in [1.29, 1.82) is 5.26 Å². The fourth-order valence-corrected chi connectivity index (χ4v) is 0.525. The van der Waals surface area contributed by atoms with Gasteiger partial charge in [-0.1, -0.05) is 15.9 Å². The number of hydrogen-bond acceptors (Lipinski definition) is 3. The summed E-state index contributed by atoms with van der Waals surface area (Å²) in [6, 6.07) is 1.49. The van der Waals surface area contributed by atoms with Crippen LogP contribution in [0, 0.1) is 11.3 Å². The number of nitrogens with zero attached hydrogens (tertiary/aromatic N) is 1. The molecular weight excluding hydrogens is 174 g/mol. The zero-order valence-corrected chi connectivity index (χ0v) is 5.67. The maximum absolute atomic E-state index is 8.61. The Balaban J connectivity index is 3.49. The number of alkyl halides is 1. The first-order chi connectivity index (χ1) is 3.72. The molecule has 0 aromatic heterocycles. The molecule has 0 aliphatic rings. The molecule has 0 saturated carbocycles. The molecule has 2 N–H and O–H groups in total. The van der Waals surface area contributed by atoms with E-state index in [1.165, 1.54) is 6.07 Å². The second-order valence-electron chi connectivity index (χ2n) is 1.30. The minimum atomic E-state index is -1.27. The molecule has 0 rings (SSSR count). The first-order valence-corrected chi connectivity index (χ1v) is 3.16. The van der Waals surface area contributed by atoms with Gasteiger partial charge in [-0.2, -0.15) is 5.26 Å². The number of rotatable bonds is 2. The van der Waals surface area contributed by atoms with E-state index in [1.54, 1.807) is 0 Å². The fourth-order valence-electron chi connectivity index (χ4n) is 0.170. The Morgan fingerprint density at radius 1 is 1.62 bits per heavy atom. The van der Waals surface area contributed by atoms with Crippen LogP contribution in [0.25, 0.3) is 0 Å². The molecule has 3 nitrogen and oxygen atoms in total. The smallest absolute Gasteiger partial charge is 0.167 e. The molecule has 4 heteroatoms. The van der Waals surface area contributed by atoms with Crippen LogP contribution in [0.3, 0.4) is 0 Å². The van der Waals surface area contributed by atoms with E-state index < -0.39 is 12.2 Å². The molecule has 0 radical (unpaired) electrons. The minimum Gasteiger partial charge on any atom is -0.388 e. The predicted octanol–water partition coefficient (Wildman–Crippen LogP) is -0.373. The zero-order valence-electron chi connectivity index (χ0n) is 4.08. The van der Waals surface area contributed by atoms with Crippen molar-refractivity contribution < 1.29 is 10.2 Å². The Morgan fingerprint density at radius 2 is 2.12 bits per heavy atom. The maximum Gasteiger partial charge on any atom is 0.167 e. The monoisotopic (exact) mass is 179 g/mol. The Hall–Kier alpha value is -0.110. The van der Waals surface area contributed by atoms with Gasteiger partial charge in [0.25, 0.3) is 0 Å². The van der Waals surface area contributed by atoms with Gasteiger partial charge in [0.2, 0.25) is 0 Å². The van der Waals surface area contributed by atoms with Crippen molar-refractivity contribution in [2.24, 2.45) is 0 Å². The molecule has 0 spiro atoms. The van der Waals surface area contributed by atoms with Gasteiger partial charge in [0, 0.05) is 5.33 Å². The lowest BCUT2D eigenvalue weighted by atomic mass is 10.3. The molecule has 0 heterocycles. The molecule has 0 unspecified atom stereocenters. The molecule has 0 saturated heterocycles. The second-order valence-corrected chi connectivity index (χ2v) is 1.94.